The minimum atomic E-state index is -4.40. The van der Waals surface area contributed by atoms with Gasteiger partial charge in [-0.2, -0.15) is 13.2 Å². The first-order chi connectivity index (χ1) is 11.2. The smallest absolute Gasteiger partial charge is 0.416 e. The molecule has 2 aromatic rings. The van der Waals surface area contributed by atoms with Crippen LogP contribution in [0.3, 0.4) is 0 Å². The molecule has 2 nitrogen and oxygen atoms in total. The van der Waals surface area contributed by atoms with Gasteiger partial charge in [-0.25, -0.2) is 4.39 Å². The molecule has 0 heterocycles. The van der Waals surface area contributed by atoms with Crippen LogP contribution in [0.25, 0.3) is 0 Å². The summed E-state index contributed by atoms with van der Waals surface area (Å²) >= 11 is 0. The van der Waals surface area contributed by atoms with E-state index in [-0.39, 0.29) is 29.6 Å². The zero-order valence-electron chi connectivity index (χ0n) is 13.2. The third-order valence-corrected chi connectivity index (χ3v) is 3.42. The lowest BCUT2D eigenvalue weighted by Gasteiger charge is -2.11. The highest BCUT2D eigenvalue weighted by Gasteiger charge is 2.29. The maximum Gasteiger partial charge on any atom is 0.416 e. The van der Waals surface area contributed by atoms with Crippen molar-refractivity contribution >= 4 is 5.78 Å². The van der Waals surface area contributed by atoms with Crippen LogP contribution in [0.4, 0.5) is 17.6 Å². The van der Waals surface area contributed by atoms with Crippen molar-refractivity contribution in [1.29, 1.82) is 0 Å². The third-order valence-electron chi connectivity index (χ3n) is 3.42. The molecule has 6 heteroatoms. The quantitative estimate of drug-likeness (QED) is 0.548. The van der Waals surface area contributed by atoms with Crippen LogP contribution in [0, 0.1) is 11.7 Å². The second kappa shape index (κ2) is 7.03. The van der Waals surface area contributed by atoms with Gasteiger partial charge in [-0.05, 0) is 35.9 Å². The van der Waals surface area contributed by atoms with Crippen LogP contribution in [-0.2, 0) is 12.8 Å². The first kappa shape index (κ1) is 18.0. The summed E-state index contributed by atoms with van der Waals surface area (Å²) in [5.74, 6) is -1.17. The molecule has 0 unspecified atom stereocenters. The molecule has 0 bridgehead atoms. The maximum atomic E-state index is 14.0. The molecule has 0 N–H and O–H groups in total. The Hall–Kier alpha value is -2.37. The number of carbonyl (C=O) groups excluding carboxylic acids is 1. The Morgan fingerprint density at radius 3 is 2.21 bits per heavy atom. The summed E-state index contributed by atoms with van der Waals surface area (Å²) in [6.45, 7) is 3.36. The predicted molar refractivity (Wildman–Crippen MR) is 81.3 cm³/mol. The van der Waals surface area contributed by atoms with Gasteiger partial charge < -0.3 is 4.74 Å². The molecular weight excluding hydrogens is 324 g/mol. The molecule has 0 spiro atoms. The summed E-state index contributed by atoms with van der Waals surface area (Å²) < 4.78 is 56.7. The van der Waals surface area contributed by atoms with E-state index in [1.807, 2.05) is 0 Å². The molecule has 24 heavy (non-hydrogen) atoms. The van der Waals surface area contributed by atoms with Crippen molar-refractivity contribution in [2.24, 2.45) is 5.92 Å². The van der Waals surface area contributed by atoms with Gasteiger partial charge in [-0.3, -0.25) is 4.79 Å². The molecule has 2 rings (SSSR count). The van der Waals surface area contributed by atoms with Gasteiger partial charge >= 0.3 is 6.18 Å². The van der Waals surface area contributed by atoms with Crippen molar-refractivity contribution in [2.75, 3.05) is 0 Å². The number of rotatable bonds is 5. The molecule has 0 saturated carbocycles. The van der Waals surface area contributed by atoms with Crippen LogP contribution in [0.5, 0.6) is 5.75 Å². The van der Waals surface area contributed by atoms with Crippen LogP contribution >= 0.6 is 0 Å². The second-order valence-corrected chi connectivity index (χ2v) is 5.65. The van der Waals surface area contributed by atoms with Gasteiger partial charge in [-0.1, -0.05) is 26.0 Å². The molecule has 0 aliphatic heterocycles. The summed E-state index contributed by atoms with van der Waals surface area (Å²) in [4.78, 5) is 11.8. The van der Waals surface area contributed by atoms with Crippen molar-refractivity contribution in [1.82, 2.24) is 0 Å². The molecule has 0 saturated heterocycles. The van der Waals surface area contributed by atoms with E-state index >= 15 is 0 Å². The van der Waals surface area contributed by atoms with E-state index in [1.54, 1.807) is 13.8 Å². The molecule has 0 aliphatic carbocycles. The van der Waals surface area contributed by atoms with Gasteiger partial charge in [0.2, 0.25) is 0 Å². The topological polar surface area (TPSA) is 26.3 Å². The number of alkyl halides is 3. The van der Waals surface area contributed by atoms with E-state index in [2.05, 4.69) is 0 Å². The highest BCUT2D eigenvalue weighted by Crippen LogP contribution is 2.29. The zero-order chi connectivity index (χ0) is 17.9. The first-order valence-electron chi connectivity index (χ1n) is 7.31. The van der Waals surface area contributed by atoms with E-state index in [0.717, 1.165) is 18.2 Å². The lowest BCUT2D eigenvalue weighted by Crippen LogP contribution is -2.08. The Kier molecular flexibility index (Phi) is 5.26. The molecule has 0 atom stereocenters. The van der Waals surface area contributed by atoms with Gasteiger partial charge in [0.1, 0.15) is 6.61 Å². The van der Waals surface area contributed by atoms with Gasteiger partial charge in [0, 0.05) is 11.5 Å². The van der Waals surface area contributed by atoms with Gasteiger partial charge in [0.05, 0.1) is 5.56 Å². The SMILES string of the molecule is CC(C)C(=O)c1ccc(OCc2ccc(C(F)(F)F)cc2)c(F)c1. The Labute approximate surface area is 137 Å². The largest absolute Gasteiger partial charge is 0.486 e. The van der Waals surface area contributed by atoms with Gasteiger partial charge in [0.15, 0.2) is 17.3 Å². The van der Waals surface area contributed by atoms with E-state index in [4.69, 9.17) is 4.74 Å². The summed E-state index contributed by atoms with van der Waals surface area (Å²) in [6, 6.07) is 8.35. The number of benzene rings is 2. The molecule has 0 aromatic heterocycles. The number of ketones is 1. The van der Waals surface area contributed by atoms with Crippen LogP contribution in [0.1, 0.15) is 35.3 Å². The lowest BCUT2D eigenvalue weighted by atomic mass is 10.0. The molecule has 128 valence electrons. The molecule has 0 amide bonds. The number of carbonyl (C=O) groups is 1. The normalized spacial score (nSPS) is 11.6. The van der Waals surface area contributed by atoms with Crippen molar-refractivity contribution in [3.05, 3.63) is 65.0 Å². The molecule has 2 aromatic carbocycles. The van der Waals surface area contributed by atoms with Gasteiger partial charge in [0.25, 0.3) is 0 Å². The molecular formula is C18H16F4O2. The average Bonchev–Trinajstić information content (AvgIpc) is 2.52. The highest BCUT2D eigenvalue weighted by molar-refractivity contribution is 5.97. The van der Waals surface area contributed by atoms with E-state index in [0.29, 0.717) is 5.56 Å². The van der Waals surface area contributed by atoms with Crippen molar-refractivity contribution in [3.8, 4) is 5.75 Å². The lowest BCUT2D eigenvalue weighted by molar-refractivity contribution is -0.137. The third kappa shape index (κ3) is 4.34. The minimum Gasteiger partial charge on any atom is -0.486 e. The fourth-order valence-corrected chi connectivity index (χ4v) is 2.06. The molecule has 0 fully saturated rings. The Morgan fingerprint density at radius 2 is 1.71 bits per heavy atom. The Balaban J connectivity index is 2.05. The fourth-order valence-electron chi connectivity index (χ4n) is 2.06. The molecule has 0 aliphatic rings. The van der Waals surface area contributed by atoms with E-state index in [9.17, 15) is 22.4 Å². The van der Waals surface area contributed by atoms with Crippen molar-refractivity contribution < 1.29 is 27.1 Å². The number of hydrogen-bond acceptors (Lipinski definition) is 2. The van der Waals surface area contributed by atoms with E-state index in [1.165, 1.54) is 24.3 Å². The standard InChI is InChI=1S/C18H16F4O2/c1-11(2)17(23)13-5-8-16(15(19)9-13)24-10-12-3-6-14(7-4-12)18(20,21)22/h3-9,11H,10H2,1-2H3. The fraction of sp³-hybridized carbons (Fsp3) is 0.278. The predicted octanol–water partition coefficient (Wildman–Crippen LogP) is 5.26. The van der Waals surface area contributed by atoms with Crippen LogP contribution in [0.2, 0.25) is 0 Å². The first-order valence-corrected chi connectivity index (χ1v) is 7.31. The Morgan fingerprint density at radius 1 is 1.08 bits per heavy atom. The zero-order valence-corrected chi connectivity index (χ0v) is 13.2. The monoisotopic (exact) mass is 340 g/mol. The van der Waals surface area contributed by atoms with Crippen molar-refractivity contribution in [3.63, 3.8) is 0 Å². The average molecular weight is 340 g/mol. The number of Topliss-reactive ketones (excluding diaryl/α,β-unsaturated/α-hetero) is 1. The van der Waals surface area contributed by atoms with Crippen LogP contribution < -0.4 is 4.74 Å². The van der Waals surface area contributed by atoms with Crippen LogP contribution in [-0.4, -0.2) is 5.78 Å². The summed E-state index contributed by atoms with van der Waals surface area (Å²) in [5.41, 5.74) is -0.0249. The summed E-state index contributed by atoms with van der Waals surface area (Å²) in [6.07, 6.45) is -4.40. The number of halogens is 4. The summed E-state index contributed by atoms with van der Waals surface area (Å²) in [5, 5.41) is 0. The van der Waals surface area contributed by atoms with Crippen LogP contribution in [0.15, 0.2) is 42.5 Å². The van der Waals surface area contributed by atoms with Gasteiger partial charge in [-0.15, -0.1) is 0 Å². The van der Waals surface area contributed by atoms with Crippen molar-refractivity contribution in [2.45, 2.75) is 26.6 Å². The molecule has 0 radical (unpaired) electrons. The number of ether oxygens (including phenoxy) is 1. The maximum absolute atomic E-state index is 14.0. The second-order valence-electron chi connectivity index (χ2n) is 5.65. The number of hydrogen-bond donors (Lipinski definition) is 0. The van der Waals surface area contributed by atoms with E-state index < -0.39 is 17.6 Å². The Bertz CT molecular complexity index is 719. The summed E-state index contributed by atoms with van der Waals surface area (Å²) in [7, 11) is 0. The highest BCUT2D eigenvalue weighted by atomic mass is 19.4. The minimum absolute atomic E-state index is 0.0600.